The third-order valence-electron chi connectivity index (χ3n) is 11.7. The number of amides is 4. The van der Waals surface area contributed by atoms with E-state index in [2.05, 4.69) is 16.0 Å². The van der Waals surface area contributed by atoms with Crippen LogP contribution in [0, 0.1) is 0 Å². The van der Waals surface area contributed by atoms with Crippen LogP contribution >= 0.6 is 0 Å². The normalized spacial score (nSPS) is 36.1. The summed E-state index contributed by atoms with van der Waals surface area (Å²) in [5, 5.41) is 41.8. The van der Waals surface area contributed by atoms with Crippen molar-refractivity contribution in [2.75, 3.05) is 7.05 Å². The zero-order valence-electron chi connectivity index (χ0n) is 36.2. The number of nitrogens with zero attached hydrogens (tertiary/aromatic N) is 1. The minimum atomic E-state index is -1.70. The second-order valence-corrected chi connectivity index (χ2v) is 17.7. The Morgan fingerprint density at radius 2 is 1.39 bits per heavy atom. The van der Waals surface area contributed by atoms with Gasteiger partial charge in [0.2, 0.25) is 0 Å². The highest BCUT2D eigenvalue weighted by atomic mass is 16.8. The van der Waals surface area contributed by atoms with Gasteiger partial charge in [-0.15, -0.1) is 0 Å². The smallest absolute Gasteiger partial charge is 0.410 e. The lowest BCUT2D eigenvalue weighted by Crippen LogP contribution is -2.69. The molecule has 8 N–H and O–H groups in total. The maximum absolute atomic E-state index is 13.3. The number of aliphatic hydroxyl groups excluding tert-OH is 3. The van der Waals surface area contributed by atoms with E-state index < -0.39 is 128 Å². The van der Waals surface area contributed by atoms with Gasteiger partial charge in [0.1, 0.15) is 49.3 Å². The molecule has 4 aliphatic heterocycles. The second kappa shape index (κ2) is 20.1. The molecule has 4 amide bonds. The fraction of sp³-hybridized carbons (Fsp3) is 0.628. The molecule has 2 aromatic carbocycles. The summed E-state index contributed by atoms with van der Waals surface area (Å²) in [6.07, 6.45) is -16.4. The highest BCUT2D eigenvalue weighted by Gasteiger charge is 2.61. The van der Waals surface area contributed by atoms with Gasteiger partial charge in [0.15, 0.2) is 25.0 Å². The van der Waals surface area contributed by atoms with Crippen LogP contribution in [0.1, 0.15) is 58.1 Å². The molecule has 21 nitrogen and oxygen atoms in total. The van der Waals surface area contributed by atoms with Crippen molar-refractivity contribution in [3.8, 4) is 0 Å². The SMILES string of the molecule is CC1O[C@H](OC2O[C@H]3CC(NC(=O)OCc4ccccc4)[C@@H](O[C@@H]4C(N)C[C@@H](NC(=O)OCc5ccccc5)C[C@H]4O)OC3C3OC(=O)N(C)C23)C(O)C(O)[C@@H]1NC(=O)OC(C)(C)C. The molecule has 21 heteroatoms. The van der Waals surface area contributed by atoms with Crippen molar-refractivity contribution in [2.24, 2.45) is 5.73 Å². The van der Waals surface area contributed by atoms with Crippen molar-refractivity contribution in [2.45, 2.75) is 164 Å². The molecule has 0 aromatic heterocycles. The van der Waals surface area contributed by atoms with E-state index in [4.69, 9.17) is 48.4 Å². The number of benzene rings is 2. The highest BCUT2D eigenvalue weighted by molar-refractivity contribution is 5.71. The van der Waals surface area contributed by atoms with Gasteiger partial charge >= 0.3 is 24.4 Å². The van der Waals surface area contributed by atoms with Crippen LogP contribution in [0.4, 0.5) is 19.2 Å². The average molecular weight is 902 g/mol. The first-order chi connectivity index (χ1) is 30.4. The molecule has 0 bridgehead atoms. The maximum atomic E-state index is 13.3. The predicted molar refractivity (Wildman–Crippen MR) is 220 cm³/mol. The van der Waals surface area contributed by atoms with Gasteiger partial charge in [0.05, 0.1) is 30.4 Å². The van der Waals surface area contributed by atoms with Gasteiger partial charge in [-0.2, -0.15) is 0 Å². The summed E-state index contributed by atoms with van der Waals surface area (Å²) in [6, 6.07) is 13.8. The van der Waals surface area contributed by atoms with E-state index in [0.717, 1.165) is 11.1 Å². The van der Waals surface area contributed by atoms with Crippen LogP contribution in [0.25, 0.3) is 0 Å². The van der Waals surface area contributed by atoms with Gasteiger partial charge in [-0.3, -0.25) is 4.90 Å². The molecule has 5 aliphatic rings. The van der Waals surface area contributed by atoms with Crippen molar-refractivity contribution in [1.29, 1.82) is 0 Å². The number of nitrogens with one attached hydrogen (secondary N) is 3. The number of ether oxygens (including phenoxy) is 9. The number of hydrogen-bond donors (Lipinski definition) is 7. The number of aliphatic hydroxyl groups is 3. The van der Waals surface area contributed by atoms with Crippen LogP contribution in [0.5, 0.6) is 0 Å². The van der Waals surface area contributed by atoms with E-state index in [9.17, 15) is 34.5 Å². The van der Waals surface area contributed by atoms with Crippen molar-refractivity contribution >= 4 is 24.4 Å². The maximum Gasteiger partial charge on any atom is 0.410 e. The lowest BCUT2D eigenvalue weighted by atomic mass is 9.86. The van der Waals surface area contributed by atoms with Gasteiger partial charge < -0.3 is 79.6 Å². The molecular weight excluding hydrogens is 842 g/mol. The molecule has 64 heavy (non-hydrogen) atoms. The Morgan fingerprint density at radius 3 is 2.00 bits per heavy atom. The Labute approximate surface area is 370 Å². The minimum absolute atomic E-state index is 0.0232. The Balaban J connectivity index is 1.04. The van der Waals surface area contributed by atoms with Crippen LogP contribution in [0.2, 0.25) is 0 Å². The summed E-state index contributed by atoms with van der Waals surface area (Å²) in [7, 11) is 1.46. The van der Waals surface area contributed by atoms with Gasteiger partial charge in [-0.1, -0.05) is 60.7 Å². The van der Waals surface area contributed by atoms with Crippen LogP contribution in [-0.2, 0) is 55.8 Å². The minimum Gasteiger partial charge on any atom is -0.445 e. The number of carbonyl (C=O) groups excluding carboxylic acids is 4. The third-order valence-corrected chi connectivity index (χ3v) is 11.7. The quantitative estimate of drug-likeness (QED) is 0.157. The topological polar surface area (TPSA) is 277 Å². The Hall–Kier alpha value is -4.84. The number of fused-ring (bicyclic) bond motifs is 3. The van der Waals surface area contributed by atoms with E-state index in [1.54, 1.807) is 52.0 Å². The van der Waals surface area contributed by atoms with Crippen LogP contribution in [0.15, 0.2) is 60.7 Å². The van der Waals surface area contributed by atoms with Gasteiger partial charge in [0.25, 0.3) is 0 Å². The van der Waals surface area contributed by atoms with Crippen LogP contribution in [-0.4, -0.2) is 155 Å². The van der Waals surface area contributed by atoms with Crippen molar-refractivity contribution in [3.05, 3.63) is 71.8 Å². The Bertz CT molecular complexity index is 1900. The summed E-state index contributed by atoms with van der Waals surface area (Å²) < 4.78 is 53.6. The summed E-state index contributed by atoms with van der Waals surface area (Å²) in [6.45, 7) is 6.62. The molecule has 7 rings (SSSR count). The first-order valence-electron chi connectivity index (χ1n) is 21.4. The molecule has 16 atom stereocenters. The standard InChI is InChI=1S/C43H59N5O16/c1-21-29(47-41(54)64-43(2,3)4)31(50)32(51)38(58-21)63-37-30-35(62-42(55)48(30)5)34-28(59-37)18-26(46-40(53)57-20-23-14-10-7-11-15-23)36(61-34)60-33-25(44)16-24(17-27(33)49)45-39(52)56-19-22-12-8-6-9-13-22/h6-15,21,24-38,49-51H,16-20,44H2,1-5H3,(H,45,52)(H,46,53)(H,47,54)/t21?,24-,25?,26?,27-,28+,29-,30?,31?,32?,33-,34?,35?,36+,37?,38-/m1/s1. The fourth-order valence-electron chi connectivity index (χ4n) is 8.58. The number of carbonyl (C=O) groups is 4. The Kier molecular flexibility index (Phi) is 14.8. The molecule has 5 fully saturated rings. The second-order valence-electron chi connectivity index (χ2n) is 17.7. The molecule has 1 aliphatic carbocycles. The molecule has 0 spiro atoms. The average Bonchev–Trinajstić information content (AvgIpc) is 3.55. The van der Waals surface area contributed by atoms with E-state index in [0.29, 0.717) is 0 Å². The fourth-order valence-corrected chi connectivity index (χ4v) is 8.58. The molecule has 0 radical (unpaired) electrons. The number of rotatable bonds is 11. The summed E-state index contributed by atoms with van der Waals surface area (Å²) >= 11 is 0. The first-order valence-corrected chi connectivity index (χ1v) is 21.4. The number of hydrogen-bond acceptors (Lipinski definition) is 17. The first kappa shape index (κ1) is 47.1. The monoisotopic (exact) mass is 901 g/mol. The van der Waals surface area contributed by atoms with Crippen LogP contribution in [0.3, 0.4) is 0 Å². The summed E-state index contributed by atoms with van der Waals surface area (Å²) in [5.41, 5.74) is 7.31. The number of alkyl carbamates (subject to hydrolysis) is 3. The van der Waals surface area contributed by atoms with Gasteiger partial charge in [0, 0.05) is 25.6 Å². The van der Waals surface area contributed by atoms with Gasteiger partial charge in [-0.05, 0) is 51.7 Å². The highest BCUT2D eigenvalue weighted by Crippen LogP contribution is 2.41. The lowest BCUT2D eigenvalue weighted by Gasteiger charge is -2.51. The lowest BCUT2D eigenvalue weighted by molar-refractivity contribution is -0.370. The van der Waals surface area contributed by atoms with E-state index in [1.165, 1.54) is 11.9 Å². The van der Waals surface area contributed by atoms with E-state index >= 15 is 0 Å². The van der Waals surface area contributed by atoms with E-state index in [1.807, 2.05) is 36.4 Å². The number of nitrogens with two attached hydrogens (primary N) is 1. The third kappa shape index (κ3) is 11.3. The molecule has 9 unspecified atom stereocenters. The number of likely N-dealkylation sites (N-methyl/N-ethyl adjacent to an activating group) is 1. The predicted octanol–water partition coefficient (Wildman–Crippen LogP) is 1.48. The Morgan fingerprint density at radius 1 is 0.766 bits per heavy atom. The molecule has 2 aromatic rings. The molecule has 4 saturated heterocycles. The zero-order valence-corrected chi connectivity index (χ0v) is 36.2. The van der Waals surface area contributed by atoms with Crippen molar-refractivity contribution in [3.63, 3.8) is 0 Å². The molecule has 1 saturated carbocycles. The molecular formula is C43H59N5O16. The van der Waals surface area contributed by atoms with Crippen LogP contribution < -0.4 is 21.7 Å². The molecule has 4 heterocycles. The zero-order chi connectivity index (χ0) is 45.9. The van der Waals surface area contributed by atoms with Gasteiger partial charge in [-0.25, -0.2) is 19.2 Å². The summed E-state index contributed by atoms with van der Waals surface area (Å²) in [5.74, 6) is 0. The largest absolute Gasteiger partial charge is 0.445 e. The molecule has 352 valence electrons. The van der Waals surface area contributed by atoms with E-state index in [-0.39, 0.29) is 32.5 Å². The van der Waals surface area contributed by atoms with Crippen molar-refractivity contribution < 1.29 is 77.1 Å². The summed E-state index contributed by atoms with van der Waals surface area (Å²) in [4.78, 5) is 52.9. The van der Waals surface area contributed by atoms with Crippen molar-refractivity contribution in [1.82, 2.24) is 20.9 Å².